The van der Waals surface area contributed by atoms with E-state index in [-0.39, 0.29) is 5.91 Å². The number of nitrogens with zero attached hydrogens (tertiary/aromatic N) is 1. The molecule has 1 heterocycles. The molecule has 1 aliphatic heterocycles. The monoisotopic (exact) mass is 228 g/mol. The minimum atomic E-state index is -0.712. The lowest BCUT2D eigenvalue weighted by Gasteiger charge is -2.24. The van der Waals surface area contributed by atoms with Crippen LogP contribution in [0, 0.1) is 5.41 Å². The Morgan fingerprint density at radius 1 is 1.50 bits per heavy atom. The van der Waals surface area contributed by atoms with E-state index in [2.05, 4.69) is 0 Å². The summed E-state index contributed by atoms with van der Waals surface area (Å²) in [6.45, 7) is 3.87. The van der Waals surface area contributed by atoms with Gasteiger partial charge in [0.25, 0.3) is 0 Å². The molecule has 16 heavy (non-hydrogen) atoms. The highest BCUT2D eigenvalue weighted by Crippen LogP contribution is 2.35. The average Bonchev–Trinajstić information content (AvgIpc) is 2.60. The molecule has 5 heteroatoms. The summed E-state index contributed by atoms with van der Waals surface area (Å²) in [5.41, 5.74) is 4.47. The highest BCUT2D eigenvalue weighted by Gasteiger charge is 2.43. The number of hydrogen-bond donors (Lipinski definition) is 2. The van der Waals surface area contributed by atoms with Gasteiger partial charge in [-0.15, -0.1) is 0 Å². The normalized spacial score (nSPS) is 25.8. The Labute approximate surface area is 95.6 Å². The fraction of sp³-hybridized carbons (Fsp3) is 0.818. The van der Waals surface area contributed by atoms with E-state index >= 15 is 0 Å². The summed E-state index contributed by atoms with van der Waals surface area (Å²) in [6, 6.07) is 0. The van der Waals surface area contributed by atoms with Gasteiger partial charge < -0.3 is 15.7 Å². The fourth-order valence-electron chi connectivity index (χ4n) is 2.38. The van der Waals surface area contributed by atoms with Crippen LogP contribution in [0.1, 0.15) is 32.6 Å². The second kappa shape index (κ2) is 5.30. The molecular weight excluding hydrogens is 208 g/mol. The van der Waals surface area contributed by atoms with Gasteiger partial charge in [0.2, 0.25) is 5.91 Å². The van der Waals surface area contributed by atoms with Gasteiger partial charge in [-0.3, -0.25) is 9.59 Å². The van der Waals surface area contributed by atoms with Crippen LogP contribution in [-0.2, 0) is 9.59 Å². The van der Waals surface area contributed by atoms with Crippen molar-refractivity contribution >= 4 is 11.9 Å². The molecule has 1 unspecified atom stereocenters. The molecule has 1 aliphatic rings. The lowest BCUT2D eigenvalue weighted by atomic mass is 9.83. The second-order valence-corrected chi connectivity index (χ2v) is 4.58. The minimum absolute atomic E-state index is 0.307. The van der Waals surface area contributed by atoms with Gasteiger partial charge in [-0.05, 0) is 19.4 Å². The Balaban J connectivity index is 2.53. The molecule has 0 bridgehead atoms. The summed E-state index contributed by atoms with van der Waals surface area (Å²) < 4.78 is 0. The van der Waals surface area contributed by atoms with Crippen molar-refractivity contribution in [1.29, 1.82) is 0 Å². The maximum Gasteiger partial charge on any atom is 0.310 e. The lowest BCUT2D eigenvalue weighted by Crippen LogP contribution is -2.35. The largest absolute Gasteiger partial charge is 0.481 e. The van der Waals surface area contributed by atoms with Crippen molar-refractivity contribution in [1.82, 2.24) is 4.90 Å². The molecule has 1 atom stereocenters. The molecular formula is C11H20N2O3. The van der Waals surface area contributed by atoms with Crippen LogP contribution in [0.5, 0.6) is 0 Å². The number of primary amides is 1. The third-order valence-electron chi connectivity index (χ3n) is 3.29. The van der Waals surface area contributed by atoms with Crippen molar-refractivity contribution in [3.05, 3.63) is 0 Å². The Kier molecular flexibility index (Phi) is 4.29. The minimum Gasteiger partial charge on any atom is -0.481 e. The van der Waals surface area contributed by atoms with Gasteiger partial charge in [-0.25, -0.2) is 0 Å². The van der Waals surface area contributed by atoms with Crippen LogP contribution in [0.2, 0.25) is 0 Å². The van der Waals surface area contributed by atoms with E-state index in [9.17, 15) is 14.7 Å². The summed E-state index contributed by atoms with van der Waals surface area (Å²) >= 11 is 0. The van der Waals surface area contributed by atoms with E-state index in [0.717, 1.165) is 13.0 Å². The van der Waals surface area contributed by atoms with Crippen LogP contribution in [0.3, 0.4) is 0 Å². The highest BCUT2D eigenvalue weighted by molar-refractivity contribution is 5.75. The Morgan fingerprint density at radius 2 is 2.19 bits per heavy atom. The molecule has 0 aliphatic carbocycles. The molecule has 0 spiro atoms. The smallest absolute Gasteiger partial charge is 0.310 e. The van der Waals surface area contributed by atoms with Crippen molar-refractivity contribution in [2.24, 2.45) is 11.1 Å². The zero-order valence-corrected chi connectivity index (χ0v) is 9.74. The quantitative estimate of drug-likeness (QED) is 0.691. The highest BCUT2D eigenvalue weighted by atomic mass is 16.4. The number of carboxylic acid groups (broad SMARTS) is 1. The predicted molar refractivity (Wildman–Crippen MR) is 59.8 cm³/mol. The maximum atomic E-state index is 11.3. The standard InChI is InChI=1S/C11H20N2O3/c1-2-4-11(10(15)16)5-7-13(8-11)6-3-9(12)14/h2-8H2,1H3,(H2,12,14)(H,15,16). The number of hydrogen-bond acceptors (Lipinski definition) is 3. The topological polar surface area (TPSA) is 83.6 Å². The summed E-state index contributed by atoms with van der Waals surface area (Å²) in [5, 5.41) is 9.27. The zero-order chi connectivity index (χ0) is 12.2. The van der Waals surface area contributed by atoms with E-state index < -0.39 is 11.4 Å². The Hall–Kier alpha value is -1.10. The van der Waals surface area contributed by atoms with Gasteiger partial charge in [-0.1, -0.05) is 13.3 Å². The third kappa shape index (κ3) is 2.95. The molecule has 0 radical (unpaired) electrons. The maximum absolute atomic E-state index is 11.3. The molecule has 1 amide bonds. The van der Waals surface area contributed by atoms with Crippen LogP contribution < -0.4 is 5.73 Å². The Bertz CT molecular complexity index is 280. The van der Waals surface area contributed by atoms with Crippen molar-refractivity contribution < 1.29 is 14.7 Å². The van der Waals surface area contributed by atoms with E-state index in [1.807, 2.05) is 11.8 Å². The van der Waals surface area contributed by atoms with Crippen LogP contribution in [0.15, 0.2) is 0 Å². The zero-order valence-electron chi connectivity index (χ0n) is 9.74. The Morgan fingerprint density at radius 3 is 2.69 bits per heavy atom. The van der Waals surface area contributed by atoms with Gasteiger partial charge in [0.1, 0.15) is 0 Å². The van der Waals surface area contributed by atoms with Crippen LogP contribution >= 0.6 is 0 Å². The molecule has 92 valence electrons. The number of carbonyl (C=O) groups is 2. The molecule has 3 N–H and O–H groups in total. The van der Waals surface area contributed by atoms with E-state index in [0.29, 0.717) is 32.4 Å². The first-order chi connectivity index (χ1) is 7.50. The van der Waals surface area contributed by atoms with Crippen LogP contribution in [0.4, 0.5) is 0 Å². The molecule has 0 saturated carbocycles. The van der Waals surface area contributed by atoms with E-state index in [1.54, 1.807) is 0 Å². The molecule has 0 aromatic heterocycles. The van der Waals surface area contributed by atoms with Gasteiger partial charge in [-0.2, -0.15) is 0 Å². The van der Waals surface area contributed by atoms with Gasteiger partial charge in [0.15, 0.2) is 0 Å². The molecule has 1 saturated heterocycles. The molecule has 0 aromatic rings. The lowest BCUT2D eigenvalue weighted by molar-refractivity contribution is -0.148. The van der Waals surface area contributed by atoms with Crippen molar-refractivity contribution in [3.8, 4) is 0 Å². The first kappa shape index (κ1) is 13.0. The average molecular weight is 228 g/mol. The second-order valence-electron chi connectivity index (χ2n) is 4.58. The molecule has 5 nitrogen and oxygen atoms in total. The summed E-state index contributed by atoms with van der Waals surface area (Å²) in [5.74, 6) is -1.04. The molecule has 0 aromatic carbocycles. The number of carboxylic acids is 1. The molecule has 1 fully saturated rings. The first-order valence-corrected chi connectivity index (χ1v) is 5.74. The summed E-state index contributed by atoms with van der Waals surface area (Å²) in [6.07, 6.45) is 2.56. The van der Waals surface area contributed by atoms with E-state index in [4.69, 9.17) is 5.73 Å². The van der Waals surface area contributed by atoms with E-state index in [1.165, 1.54) is 0 Å². The summed E-state index contributed by atoms with van der Waals surface area (Å²) in [7, 11) is 0. The summed E-state index contributed by atoms with van der Waals surface area (Å²) in [4.78, 5) is 24.0. The van der Waals surface area contributed by atoms with Gasteiger partial charge in [0.05, 0.1) is 5.41 Å². The number of carbonyl (C=O) groups excluding carboxylic acids is 1. The number of likely N-dealkylation sites (tertiary alicyclic amines) is 1. The number of amides is 1. The SMILES string of the molecule is CCCC1(C(=O)O)CCN(CCC(N)=O)C1. The van der Waals surface area contributed by atoms with Crippen LogP contribution in [0.25, 0.3) is 0 Å². The third-order valence-corrected chi connectivity index (χ3v) is 3.29. The molecule has 1 rings (SSSR count). The number of rotatable bonds is 6. The van der Waals surface area contributed by atoms with Crippen molar-refractivity contribution in [2.75, 3.05) is 19.6 Å². The van der Waals surface area contributed by atoms with Crippen molar-refractivity contribution in [2.45, 2.75) is 32.6 Å². The van der Waals surface area contributed by atoms with Gasteiger partial charge in [0, 0.05) is 19.5 Å². The fourth-order valence-corrected chi connectivity index (χ4v) is 2.38. The number of nitrogens with two attached hydrogens (primary N) is 1. The predicted octanol–water partition coefficient (Wildman–Crippen LogP) is 0.439. The van der Waals surface area contributed by atoms with Crippen molar-refractivity contribution in [3.63, 3.8) is 0 Å². The number of aliphatic carboxylic acids is 1. The first-order valence-electron chi connectivity index (χ1n) is 5.74. The van der Waals surface area contributed by atoms with Crippen LogP contribution in [-0.4, -0.2) is 41.5 Å². The van der Waals surface area contributed by atoms with Gasteiger partial charge >= 0.3 is 5.97 Å².